The van der Waals surface area contributed by atoms with Crippen LogP contribution in [0.2, 0.25) is 5.02 Å². The molecule has 1 N–H and O–H groups in total. The van der Waals surface area contributed by atoms with Crippen LogP contribution in [0.1, 0.15) is 35.7 Å². The lowest BCUT2D eigenvalue weighted by Gasteiger charge is -2.24. The lowest BCUT2D eigenvalue weighted by Crippen LogP contribution is -2.19. The van der Waals surface area contributed by atoms with E-state index in [0.29, 0.717) is 30.3 Å². The molecular weight excluding hydrogens is 244 g/mol. The number of fused-ring (bicyclic) bond motifs is 1. The van der Waals surface area contributed by atoms with Gasteiger partial charge in [0.05, 0.1) is 10.6 Å². The third-order valence-electron chi connectivity index (χ3n) is 2.61. The van der Waals surface area contributed by atoms with Crippen molar-refractivity contribution in [2.75, 3.05) is 13.2 Å². The van der Waals surface area contributed by atoms with Gasteiger partial charge >= 0.3 is 5.97 Å². The van der Waals surface area contributed by atoms with E-state index in [1.165, 1.54) is 6.07 Å². The minimum absolute atomic E-state index is 0.00440. The number of benzene rings is 1. The van der Waals surface area contributed by atoms with Crippen molar-refractivity contribution >= 4 is 17.6 Å². The molecule has 17 heavy (non-hydrogen) atoms. The zero-order valence-electron chi connectivity index (χ0n) is 9.62. The summed E-state index contributed by atoms with van der Waals surface area (Å²) in [4.78, 5) is 11.3. The van der Waals surface area contributed by atoms with Crippen molar-refractivity contribution in [3.05, 3.63) is 22.2 Å². The standard InChI is InChI=1S/C12H13ClO4/c1-6(2)9-10(12(14)15)7(13)5-8-11(9)17-4-3-16-8/h5-6H,3-4H2,1-2H3,(H,14,15). The first-order valence-electron chi connectivity index (χ1n) is 5.37. The molecule has 0 aliphatic carbocycles. The quantitative estimate of drug-likeness (QED) is 0.884. The zero-order chi connectivity index (χ0) is 12.6. The molecule has 0 saturated heterocycles. The predicted octanol–water partition coefficient (Wildman–Crippen LogP) is 2.93. The highest BCUT2D eigenvalue weighted by Crippen LogP contribution is 2.43. The topological polar surface area (TPSA) is 55.8 Å². The molecule has 1 aromatic rings. The molecule has 1 aliphatic heterocycles. The highest BCUT2D eigenvalue weighted by atomic mass is 35.5. The minimum Gasteiger partial charge on any atom is -0.486 e. The number of rotatable bonds is 2. The lowest BCUT2D eigenvalue weighted by atomic mass is 9.95. The molecule has 1 heterocycles. The summed E-state index contributed by atoms with van der Waals surface area (Å²) in [6.07, 6.45) is 0. The molecule has 1 aliphatic rings. The third-order valence-corrected chi connectivity index (χ3v) is 2.91. The molecular formula is C12H13ClO4. The van der Waals surface area contributed by atoms with Crippen LogP contribution in [-0.4, -0.2) is 24.3 Å². The monoisotopic (exact) mass is 256 g/mol. The lowest BCUT2D eigenvalue weighted by molar-refractivity contribution is 0.0694. The second-order valence-electron chi connectivity index (χ2n) is 4.13. The van der Waals surface area contributed by atoms with Gasteiger partial charge in [-0.05, 0) is 5.92 Å². The summed E-state index contributed by atoms with van der Waals surface area (Å²) in [6, 6.07) is 1.51. The van der Waals surface area contributed by atoms with Crippen LogP contribution < -0.4 is 9.47 Å². The Labute approximate surface area is 104 Å². The summed E-state index contributed by atoms with van der Waals surface area (Å²) in [6.45, 7) is 4.67. The molecule has 2 rings (SSSR count). The van der Waals surface area contributed by atoms with Crippen LogP contribution >= 0.6 is 11.6 Å². The van der Waals surface area contributed by atoms with Gasteiger partial charge in [0, 0.05) is 11.6 Å². The molecule has 0 bridgehead atoms. The molecule has 0 amide bonds. The molecule has 0 fully saturated rings. The first-order chi connectivity index (χ1) is 8.02. The Morgan fingerprint density at radius 2 is 2.06 bits per heavy atom. The van der Waals surface area contributed by atoms with Gasteiger partial charge in [0.1, 0.15) is 13.2 Å². The van der Waals surface area contributed by atoms with Crippen LogP contribution in [0.5, 0.6) is 11.5 Å². The number of aromatic carboxylic acids is 1. The maximum atomic E-state index is 11.3. The van der Waals surface area contributed by atoms with Crippen molar-refractivity contribution in [2.45, 2.75) is 19.8 Å². The number of ether oxygens (including phenoxy) is 2. The first-order valence-corrected chi connectivity index (χ1v) is 5.75. The Morgan fingerprint density at radius 1 is 1.41 bits per heavy atom. The SMILES string of the molecule is CC(C)c1c2c(cc(Cl)c1C(=O)O)OCCO2. The average Bonchev–Trinajstić information content (AvgIpc) is 2.26. The molecule has 0 spiro atoms. The summed E-state index contributed by atoms with van der Waals surface area (Å²) >= 11 is 5.99. The number of hydrogen-bond donors (Lipinski definition) is 1. The highest BCUT2D eigenvalue weighted by Gasteiger charge is 2.27. The Bertz CT molecular complexity index is 468. The second kappa shape index (κ2) is 4.45. The van der Waals surface area contributed by atoms with Crippen LogP contribution in [0, 0.1) is 0 Å². The van der Waals surface area contributed by atoms with Gasteiger partial charge in [0.25, 0.3) is 0 Å². The molecule has 92 valence electrons. The van der Waals surface area contributed by atoms with Gasteiger partial charge < -0.3 is 14.6 Å². The Kier molecular flexibility index (Phi) is 3.15. The van der Waals surface area contributed by atoms with Crippen molar-refractivity contribution in [3.63, 3.8) is 0 Å². The molecule has 0 atom stereocenters. The van der Waals surface area contributed by atoms with E-state index in [2.05, 4.69) is 0 Å². The number of carbonyl (C=O) groups is 1. The van der Waals surface area contributed by atoms with Crippen molar-refractivity contribution in [3.8, 4) is 11.5 Å². The van der Waals surface area contributed by atoms with Crippen molar-refractivity contribution in [1.29, 1.82) is 0 Å². The van der Waals surface area contributed by atoms with Gasteiger partial charge in [-0.25, -0.2) is 4.79 Å². The van der Waals surface area contributed by atoms with Crippen LogP contribution in [0.15, 0.2) is 6.07 Å². The van der Waals surface area contributed by atoms with Crippen molar-refractivity contribution in [2.24, 2.45) is 0 Å². The normalized spacial score (nSPS) is 13.9. The van der Waals surface area contributed by atoms with Crippen molar-refractivity contribution < 1.29 is 19.4 Å². The fourth-order valence-electron chi connectivity index (χ4n) is 1.95. The molecule has 0 unspecified atom stereocenters. The number of hydrogen-bond acceptors (Lipinski definition) is 3. The Hall–Kier alpha value is -1.42. The average molecular weight is 257 g/mol. The van der Waals surface area contributed by atoms with Gasteiger partial charge in [-0.3, -0.25) is 0 Å². The molecule has 0 saturated carbocycles. The van der Waals surface area contributed by atoms with E-state index in [0.717, 1.165) is 0 Å². The van der Waals surface area contributed by atoms with E-state index in [-0.39, 0.29) is 16.5 Å². The van der Waals surface area contributed by atoms with Gasteiger partial charge in [-0.1, -0.05) is 25.4 Å². The van der Waals surface area contributed by atoms with E-state index < -0.39 is 5.97 Å². The van der Waals surface area contributed by atoms with E-state index >= 15 is 0 Å². The summed E-state index contributed by atoms with van der Waals surface area (Å²) < 4.78 is 10.9. The van der Waals surface area contributed by atoms with E-state index in [4.69, 9.17) is 21.1 Å². The smallest absolute Gasteiger partial charge is 0.337 e. The summed E-state index contributed by atoms with van der Waals surface area (Å²) in [5.74, 6) is -0.0195. The van der Waals surface area contributed by atoms with Crippen LogP contribution in [0.25, 0.3) is 0 Å². The van der Waals surface area contributed by atoms with Gasteiger partial charge in [0.15, 0.2) is 11.5 Å². The minimum atomic E-state index is -1.05. The maximum absolute atomic E-state index is 11.3. The molecule has 1 aromatic carbocycles. The Balaban J connectivity index is 2.71. The molecule has 4 nitrogen and oxygen atoms in total. The van der Waals surface area contributed by atoms with Gasteiger partial charge in [-0.15, -0.1) is 0 Å². The van der Waals surface area contributed by atoms with Crippen LogP contribution in [0.4, 0.5) is 0 Å². The van der Waals surface area contributed by atoms with E-state index in [1.54, 1.807) is 0 Å². The molecule has 0 aromatic heterocycles. The van der Waals surface area contributed by atoms with Crippen LogP contribution in [0.3, 0.4) is 0 Å². The fraction of sp³-hybridized carbons (Fsp3) is 0.417. The van der Waals surface area contributed by atoms with Crippen LogP contribution in [-0.2, 0) is 0 Å². The first kappa shape index (κ1) is 12.0. The Morgan fingerprint density at radius 3 is 2.65 bits per heavy atom. The third kappa shape index (κ3) is 2.05. The van der Waals surface area contributed by atoms with Gasteiger partial charge in [0.2, 0.25) is 0 Å². The summed E-state index contributed by atoms with van der Waals surface area (Å²) in [5.41, 5.74) is 0.700. The van der Waals surface area contributed by atoms with Crippen molar-refractivity contribution in [1.82, 2.24) is 0 Å². The fourth-order valence-corrected chi connectivity index (χ4v) is 2.23. The van der Waals surface area contributed by atoms with E-state index in [9.17, 15) is 9.90 Å². The predicted molar refractivity (Wildman–Crippen MR) is 63.5 cm³/mol. The summed E-state index contributed by atoms with van der Waals surface area (Å²) in [5, 5.41) is 9.40. The number of carboxylic acid groups (broad SMARTS) is 1. The van der Waals surface area contributed by atoms with E-state index in [1.807, 2.05) is 13.8 Å². The number of halogens is 1. The number of carboxylic acids is 1. The zero-order valence-corrected chi connectivity index (χ0v) is 10.4. The second-order valence-corrected chi connectivity index (χ2v) is 4.54. The molecule has 5 heteroatoms. The summed E-state index contributed by atoms with van der Waals surface area (Å²) in [7, 11) is 0. The largest absolute Gasteiger partial charge is 0.486 e. The highest BCUT2D eigenvalue weighted by molar-refractivity contribution is 6.34. The van der Waals surface area contributed by atoms with Gasteiger partial charge in [-0.2, -0.15) is 0 Å². The maximum Gasteiger partial charge on any atom is 0.337 e. The molecule has 0 radical (unpaired) electrons.